The molecule has 0 bridgehead atoms. The van der Waals surface area contributed by atoms with Crippen LogP contribution in [0.4, 0.5) is 8.78 Å². The van der Waals surface area contributed by atoms with Crippen molar-refractivity contribution < 1.29 is 13.9 Å². The summed E-state index contributed by atoms with van der Waals surface area (Å²) in [5.41, 5.74) is 0. The third-order valence-corrected chi connectivity index (χ3v) is 1.75. The van der Waals surface area contributed by atoms with Gasteiger partial charge in [0.15, 0.2) is 0 Å². The van der Waals surface area contributed by atoms with E-state index in [1.807, 2.05) is 0 Å². The molecule has 4 heteroatoms. The van der Waals surface area contributed by atoms with E-state index >= 15 is 0 Å². The number of nitrogens with zero attached hydrogens (tertiary/aromatic N) is 1. The Hall–Kier alpha value is -0.220. The van der Waals surface area contributed by atoms with Crippen molar-refractivity contribution in [2.24, 2.45) is 0 Å². The number of rotatable bonds is 0. The van der Waals surface area contributed by atoms with Crippen molar-refractivity contribution in [3.05, 3.63) is 0 Å². The molecule has 0 aliphatic carbocycles. The van der Waals surface area contributed by atoms with E-state index in [4.69, 9.17) is 5.11 Å². The quantitative estimate of drug-likeness (QED) is 0.539. The molecule has 0 amide bonds. The van der Waals surface area contributed by atoms with Crippen LogP contribution >= 0.6 is 0 Å². The van der Waals surface area contributed by atoms with E-state index in [1.165, 1.54) is 4.90 Å². The van der Waals surface area contributed by atoms with Crippen LogP contribution in [-0.2, 0) is 0 Å². The number of piperidine rings is 1. The molecule has 0 saturated carbocycles. The Morgan fingerprint density at radius 2 is 2.20 bits per heavy atom. The minimum Gasteiger partial charge on any atom is -0.387 e. The Bertz CT molecular complexity index is 129. The zero-order valence-electron chi connectivity index (χ0n) is 5.85. The average molecular weight is 151 g/mol. The van der Waals surface area contributed by atoms with Crippen LogP contribution < -0.4 is 0 Å². The highest BCUT2D eigenvalue weighted by molar-refractivity contribution is 4.84. The third-order valence-electron chi connectivity index (χ3n) is 1.75. The van der Waals surface area contributed by atoms with Crippen molar-refractivity contribution in [2.75, 3.05) is 20.1 Å². The van der Waals surface area contributed by atoms with E-state index in [2.05, 4.69) is 0 Å². The topological polar surface area (TPSA) is 23.5 Å². The Morgan fingerprint density at radius 3 is 2.60 bits per heavy atom. The molecule has 1 aliphatic rings. The maximum Gasteiger partial charge on any atom is 0.285 e. The predicted molar refractivity (Wildman–Crippen MR) is 33.1 cm³/mol. The molecule has 2 nitrogen and oxygen atoms in total. The van der Waals surface area contributed by atoms with Crippen LogP contribution in [0.5, 0.6) is 0 Å². The smallest absolute Gasteiger partial charge is 0.285 e. The summed E-state index contributed by atoms with van der Waals surface area (Å²) in [7, 11) is 1.62. The highest BCUT2D eigenvalue weighted by atomic mass is 19.3. The van der Waals surface area contributed by atoms with E-state index in [1.54, 1.807) is 7.05 Å². The number of likely N-dealkylation sites (tertiary alicyclic amines) is 1. The van der Waals surface area contributed by atoms with Crippen molar-refractivity contribution in [3.63, 3.8) is 0 Å². The molecule has 1 aliphatic heterocycles. The van der Waals surface area contributed by atoms with Gasteiger partial charge in [-0.3, -0.25) is 0 Å². The Balaban J connectivity index is 2.55. The van der Waals surface area contributed by atoms with Gasteiger partial charge in [0.25, 0.3) is 5.92 Å². The standard InChI is InChI=1S/C6H11F2NO/c1-9-3-2-5(10)6(7,8)4-9/h5,10H,2-4H2,1H3/t5-/m0/s1. The normalized spacial score (nSPS) is 34.2. The lowest BCUT2D eigenvalue weighted by molar-refractivity contribution is -0.145. The number of hydrogen-bond donors (Lipinski definition) is 1. The largest absolute Gasteiger partial charge is 0.387 e. The first-order valence-corrected chi connectivity index (χ1v) is 3.27. The summed E-state index contributed by atoms with van der Waals surface area (Å²) in [6, 6.07) is 0. The molecule has 1 fully saturated rings. The van der Waals surface area contributed by atoms with Gasteiger partial charge in [0.1, 0.15) is 6.10 Å². The highest BCUT2D eigenvalue weighted by Gasteiger charge is 2.42. The van der Waals surface area contributed by atoms with Gasteiger partial charge < -0.3 is 10.0 Å². The summed E-state index contributed by atoms with van der Waals surface area (Å²) in [6.07, 6.45) is -1.27. The Labute approximate surface area is 58.4 Å². The first kappa shape index (κ1) is 7.88. The van der Waals surface area contributed by atoms with Gasteiger partial charge in [-0.05, 0) is 13.5 Å². The molecule has 1 heterocycles. The average Bonchev–Trinajstić information content (AvgIpc) is 1.78. The first-order valence-electron chi connectivity index (χ1n) is 3.27. The molecule has 0 aromatic carbocycles. The summed E-state index contributed by atoms with van der Waals surface area (Å²) in [5.74, 6) is -2.91. The van der Waals surface area contributed by atoms with E-state index in [-0.39, 0.29) is 13.0 Å². The van der Waals surface area contributed by atoms with E-state index in [9.17, 15) is 8.78 Å². The van der Waals surface area contributed by atoms with Gasteiger partial charge in [-0.25, -0.2) is 8.78 Å². The summed E-state index contributed by atoms with van der Waals surface area (Å²) < 4.78 is 25.1. The fraction of sp³-hybridized carbons (Fsp3) is 1.00. The predicted octanol–water partition coefficient (Wildman–Crippen LogP) is 0.318. The van der Waals surface area contributed by atoms with Gasteiger partial charge in [-0.1, -0.05) is 0 Å². The molecule has 60 valence electrons. The van der Waals surface area contributed by atoms with Crippen molar-refractivity contribution in [2.45, 2.75) is 18.4 Å². The zero-order chi connectivity index (χ0) is 7.78. The molecule has 1 rings (SSSR count). The SMILES string of the molecule is CN1CC[C@H](O)C(F)(F)C1. The van der Waals surface area contributed by atoms with Crippen LogP contribution in [0, 0.1) is 0 Å². The fourth-order valence-electron chi connectivity index (χ4n) is 1.10. The number of aliphatic hydroxyl groups excluding tert-OH is 1. The summed E-state index contributed by atoms with van der Waals surface area (Å²) in [4.78, 5) is 1.52. The molecule has 0 aromatic rings. The second-order valence-electron chi connectivity index (χ2n) is 2.80. The molecule has 1 atom stereocenters. The highest BCUT2D eigenvalue weighted by Crippen LogP contribution is 2.25. The summed E-state index contributed by atoms with van der Waals surface area (Å²) in [6.45, 7) is 0.227. The van der Waals surface area contributed by atoms with E-state index < -0.39 is 12.0 Å². The minimum absolute atomic E-state index is 0.170. The second kappa shape index (κ2) is 2.43. The van der Waals surface area contributed by atoms with Gasteiger partial charge in [0.2, 0.25) is 0 Å². The molecular formula is C6H11F2NO. The second-order valence-corrected chi connectivity index (χ2v) is 2.80. The lowest BCUT2D eigenvalue weighted by Crippen LogP contribution is -2.49. The van der Waals surface area contributed by atoms with Crippen LogP contribution in [0.2, 0.25) is 0 Å². The number of halogens is 2. The first-order chi connectivity index (χ1) is 4.52. The van der Waals surface area contributed by atoms with Crippen molar-refractivity contribution in [1.29, 1.82) is 0 Å². The van der Waals surface area contributed by atoms with Crippen LogP contribution in [0.15, 0.2) is 0 Å². The molecule has 10 heavy (non-hydrogen) atoms. The summed E-state index contributed by atoms with van der Waals surface area (Å²) >= 11 is 0. The Morgan fingerprint density at radius 1 is 1.60 bits per heavy atom. The fourth-order valence-corrected chi connectivity index (χ4v) is 1.10. The van der Waals surface area contributed by atoms with Gasteiger partial charge in [-0.2, -0.15) is 0 Å². The zero-order valence-corrected chi connectivity index (χ0v) is 5.85. The number of alkyl halides is 2. The van der Waals surface area contributed by atoms with Crippen molar-refractivity contribution >= 4 is 0 Å². The van der Waals surface area contributed by atoms with Crippen molar-refractivity contribution in [3.8, 4) is 0 Å². The van der Waals surface area contributed by atoms with E-state index in [0.717, 1.165) is 0 Å². The number of aliphatic hydroxyl groups is 1. The maximum absolute atomic E-state index is 12.6. The monoisotopic (exact) mass is 151 g/mol. The molecule has 1 N–H and O–H groups in total. The molecule has 0 radical (unpaired) electrons. The van der Waals surface area contributed by atoms with Crippen molar-refractivity contribution in [1.82, 2.24) is 4.90 Å². The van der Waals surface area contributed by atoms with Crippen LogP contribution in [0.3, 0.4) is 0 Å². The van der Waals surface area contributed by atoms with Crippen LogP contribution in [0.1, 0.15) is 6.42 Å². The maximum atomic E-state index is 12.6. The van der Waals surface area contributed by atoms with Gasteiger partial charge in [0, 0.05) is 6.54 Å². The molecule has 1 saturated heterocycles. The Kier molecular flexibility index (Phi) is 1.92. The minimum atomic E-state index is -2.91. The molecule has 0 unspecified atom stereocenters. The number of hydrogen-bond acceptors (Lipinski definition) is 2. The lowest BCUT2D eigenvalue weighted by atomic mass is 10.1. The van der Waals surface area contributed by atoms with Crippen LogP contribution in [0.25, 0.3) is 0 Å². The molecular weight excluding hydrogens is 140 g/mol. The summed E-state index contributed by atoms with van der Waals surface area (Å²) in [5, 5.41) is 8.78. The third kappa shape index (κ3) is 1.44. The van der Waals surface area contributed by atoms with Gasteiger partial charge in [-0.15, -0.1) is 0 Å². The molecule has 0 spiro atoms. The molecule has 0 aromatic heterocycles. The van der Waals surface area contributed by atoms with Crippen LogP contribution in [-0.4, -0.2) is 42.2 Å². The lowest BCUT2D eigenvalue weighted by Gasteiger charge is -2.33. The van der Waals surface area contributed by atoms with Gasteiger partial charge in [0.05, 0.1) is 6.54 Å². The van der Waals surface area contributed by atoms with E-state index in [0.29, 0.717) is 6.54 Å². The van der Waals surface area contributed by atoms with Gasteiger partial charge >= 0.3 is 0 Å².